The van der Waals surface area contributed by atoms with Gasteiger partial charge in [0.15, 0.2) is 0 Å². The van der Waals surface area contributed by atoms with Crippen LogP contribution < -0.4 is 5.32 Å². The molecular weight excluding hydrogens is 172 g/mol. The van der Waals surface area contributed by atoms with Gasteiger partial charge in [0.05, 0.1) is 0 Å². The minimum absolute atomic E-state index is 0.0417. The molecule has 74 valence electrons. The van der Waals surface area contributed by atoms with Gasteiger partial charge >= 0.3 is 12.0 Å². The molecule has 2 amide bonds. The molecule has 1 aliphatic heterocycles. The van der Waals surface area contributed by atoms with Crippen molar-refractivity contribution in [3.8, 4) is 0 Å². The second-order valence-electron chi connectivity index (χ2n) is 2.74. The number of urea groups is 1. The molecule has 2 N–H and O–H groups in total. The molecule has 0 aromatic heterocycles. The van der Waals surface area contributed by atoms with Crippen LogP contribution in [0.4, 0.5) is 4.79 Å². The molecule has 1 fully saturated rings. The van der Waals surface area contributed by atoms with E-state index >= 15 is 0 Å². The van der Waals surface area contributed by atoms with E-state index in [1.54, 1.807) is 11.9 Å². The summed E-state index contributed by atoms with van der Waals surface area (Å²) in [6, 6.07) is 0.0417. The quantitative estimate of drug-likeness (QED) is 0.578. The Labute approximate surface area is 77.0 Å². The summed E-state index contributed by atoms with van der Waals surface area (Å²) in [6.07, 6.45) is 0. The van der Waals surface area contributed by atoms with Crippen molar-refractivity contribution in [2.75, 3.05) is 20.1 Å². The number of hydrogen-bond acceptors (Lipinski definition) is 2. The highest BCUT2D eigenvalue weighted by Gasteiger charge is 2.12. The average molecular weight is 186 g/mol. The molecule has 5 nitrogen and oxygen atoms in total. The monoisotopic (exact) mass is 186 g/mol. The molecule has 0 aromatic rings. The van der Waals surface area contributed by atoms with Crippen molar-refractivity contribution in [1.82, 2.24) is 10.2 Å². The number of carbonyl (C=O) groups is 2. The molecule has 1 saturated heterocycles. The SMILES string of the molecule is C=C(C)C(=O)O.CN1CCNC1=O. The Hall–Kier alpha value is -1.52. The summed E-state index contributed by atoms with van der Waals surface area (Å²) in [5.74, 6) is -0.935. The zero-order chi connectivity index (χ0) is 10.4. The molecule has 0 atom stereocenters. The van der Waals surface area contributed by atoms with Crippen LogP contribution in [0.25, 0.3) is 0 Å². The third-order valence-electron chi connectivity index (χ3n) is 1.44. The molecule has 0 spiro atoms. The lowest BCUT2D eigenvalue weighted by molar-refractivity contribution is -0.132. The normalized spacial score (nSPS) is 14.3. The molecule has 1 rings (SSSR count). The summed E-state index contributed by atoms with van der Waals surface area (Å²) in [5.41, 5.74) is 0.176. The smallest absolute Gasteiger partial charge is 0.330 e. The van der Waals surface area contributed by atoms with Gasteiger partial charge in [0.1, 0.15) is 0 Å². The van der Waals surface area contributed by atoms with Crippen molar-refractivity contribution in [1.29, 1.82) is 0 Å². The molecule has 0 aliphatic carbocycles. The summed E-state index contributed by atoms with van der Waals surface area (Å²) >= 11 is 0. The highest BCUT2D eigenvalue weighted by atomic mass is 16.4. The minimum Gasteiger partial charge on any atom is -0.478 e. The molecular formula is C8H14N2O3. The Bertz CT molecular complexity index is 213. The van der Waals surface area contributed by atoms with E-state index in [0.717, 1.165) is 13.1 Å². The molecule has 1 heterocycles. The summed E-state index contributed by atoms with van der Waals surface area (Å²) in [7, 11) is 1.78. The second-order valence-corrected chi connectivity index (χ2v) is 2.74. The van der Waals surface area contributed by atoms with Gasteiger partial charge in [-0.15, -0.1) is 0 Å². The summed E-state index contributed by atoms with van der Waals surface area (Å²) in [5, 5.41) is 10.5. The van der Waals surface area contributed by atoms with E-state index in [2.05, 4.69) is 11.9 Å². The Kier molecular flexibility index (Phi) is 4.58. The van der Waals surface area contributed by atoms with Crippen molar-refractivity contribution >= 4 is 12.0 Å². The number of carboxylic acid groups (broad SMARTS) is 1. The molecule has 0 bridgehead atoms. The summed E-state index contributed by atoms with van der Waals surface area (Å²) in [4.78, 5) is 21.6. The van der Waals surface area contributed by atoms with Crippen molar-refractivity contribution < 1.29 is 14.7 Å². The maximum absolute atomic E-state index is 10.4. The number of rotatable bonds is 1. The molecule has 0 unspecified atom stereocenters. The standard InChI is InChI=1S/C4H8N2O.C4H6O2/c1-6-3-2-5-4(6)7;1-3(2)4(5)6/h2-3H2,1H3,(H,5,7);1H2,2H3,(H,5,6). The lowest BCUT2D eigenvalue weighted by Crippen LogP contribution is -2.23. The average Bonchev–Trinajstić information content (AvgIpc) is 2.37. The molecule has 5 heteroatoms. The second kappa shape index (κ2) is 5.18. The van der Waals surface area contributed by atoms with Gasteiger partial charge < -0.3 is 15.3 Å². The van der Waals surface area contributed by atoms with Crippen LogP contribution in [-0.4, -0.2) is 42.1 Å². The van der Waals surface area contributed by atoms with Gasteiger partial charge in [0.2, 0.25) is 0 Å². The maximum atomic E-state index is 10.4. The van der Waals surface area contributed by atoms with E-state index in [1.807, 2.05) is 0 Å². The number of hydrogen-bond donors (Lipinski definition) is 2. The highest BCUT2D eigenvalue weighted by molar-refractivity contribution is 5.84. The Balaban J connectivity index is 0.000000226. The van der Waals surface area contributed by atoms with Crippen molar-refractivity contribution in [3.63, 3.8) is 0 Å². The van der Waals surface area contributed by atoms with Gasteiger partial charge in [-0.05, 0) is 6.92 Å². The first kappa shape index (κ1) is 11.5. The Morgan fingerprint density at radius 3 is 2.23 bits per heavy atom. The van der Waals surface area contributed by atoms with Crippen molar-refractivity contribution in [2.45, 2.75) is 6.92 Å². The van der Waals surface area contributed by atoms with E-state index in [4.69, 9.17) is 5.11 Å². The third kappa shape index (κ3) is 4.84. The third-order valence-corrected chi connectivity index (χ3v) is 1.44. The maximum Gasteiger partial charge on any atom is 0.330 e. The number of amides is 2. The zero-order valence-electron chi connectivity index (χ0n) is 7.83. The first-order chi connectivity index (χ1) is 5.95. The minimum atomic E-state index is -0.935. The van der Waals surface area contributed by atoms with E-state index in [9.17, 15) is 9.59 Å². The number of nitrogens with one attached hydrogen (secondary N) is 1. The van der Waals surface area contributed by atoms with Crippen LogP contribution in [0.5, 0.6) is 0 Å². The zero-order valence-corrected chi connectivity index (χ0v) is 7.83. The van der Waals surface area contributed by atoms with E-state index in [1.165, 1.54) is 6.92 Å². The fourth-order valence-corrected chi connectivity index (χ4v) is 0.567. The molecule has 0 saturated carbocycles. The van der Waals surface area contributed by atoms with E-state index in [-0.39, 0.29) is 11.6 Å². The van der Waals surface area contributed by atoms with Crippen LogP contribution >= 0.6 is 0 Å². The van der Waals surface area contributed by atoms with Crippen LogP contribution in [0, 0.1) is 0 Å². The van der Waals surface area contributed by atoms with Crippen LogP contribution in [0.2, 0.25) is 0 Å². The number of nitrogens with zero attached hydrogens (tertiary/aromatic N) is 1. The molecule has 0 radical (unpaired) electrons. The molecule has 0 aromatic carbocycles. The summed E-state index contributed by atoms with van der Waals surface area (Å²) in [6.45, 7) is 6.25. The predicted octanol–water partition coefficient (Wildman–Crippen LogP) is 0.289. The largest absolute Gasteiger partial charge is 0.478 e. The first-order valence-corrected chi connectivity index (χ1v) is 3.83. The van der Waals surface area contributed by atoms with Crippen molar-refractivity contribution in [2.24, 2.45) is 0 Å². The number of carbonyl (C=O) groups excluding carboxylic acids is 1. The van der Waals surface area contributed by atoms with Crippen molar-refractivity contribution in [3.05, 3.63) is 12.2 Å². The van der Waals surface area contributed by atoms with Gasteiger partial charge in [-0.2, -0.15) is 0 Å². The molecule has 1 aliphatic rings. The fraction of sp³-hybridized carbons (Fsp3) is 0.500. The first-order valence-electron chi connectivity index (χ1n) is 3.83. The van der Waals surface area contributed by atoms with E-state index in [0.29, 0.717) is 0 Å². The van der Waals surface area contributed by atoms with Gasteiger partial charge in [-0.25, -0.2) is 9.59 Å². The molecule has 13 heavy (non-hydrogen) atoms. The van der Waals surface area contributed by atoms with Crippen LogP contribution in [0.15, 0.2) is 12.2 Å². The van der Waals surface area contributed by atoms with Crippen LogP contribution in [-0.2, 0) is 4.79 Å². The van der Waals surface area contributed by atoms with Gasteiger partial charge in [-0.3, -0.25) is 0 Å². The lowest BCUT2D eigenvalue weighted by atomic mass is 10.4. The predicted molar refractivity (Wildman–Crippen MR) is 48.5 cm³/mol. The van der Waals surface area contributed by atoms with Crippen LogP contribution in [0.3, 0.4) is 0 Å². The Morgan fingerprint density at radius 1 is 1.69 bits per heavy atom. The van der Waals surface area contributed by atoms with E-state index < -0.39 is 5.97 Å². The Morgan fingerprint density at radius 2 is 2.15 bits per heavy atom. The van der Waals surface area contributed by atoms with Gasteiger partial charge in [0, 0.05) is 25.7 Å². The van der Waals surface area contributed by atoms with Crippen LogP contribution in [0.1, 0.15) is 6.92 Å². The topological polar surface area (TPSA) is 69.6 Å². The number of carboxylic acids is 1. The van der Waals surface area contributed by atoms with Gasteiger partial charge in [0.25, 0.3) is 0 Å². The summed E-state index contributed by atoms with van der Waals surface area (Å²) < 4.78 is 0. The highest BCUT2D eigenvalue weighted by Crippen LogP contribution is 1.88. The van der Waals surface area contributed by atoms with Gasteiger partial charge in [-0.1, -0.05) is 6.58 Å². The lowest BCUT2D eigenvalue weighted by Gasteiger charge is -2.01. The number of aliphatic carboxylic acids is 1. The number of likely N-dealkylation sites (N-methyl/N-ethyl adjacent to an activating group) is 1. The fourth-order valence-electron chi connectivity index (χ4n) is 0.567.